The molecular formula is C20H16F2N2O3. The first kappa shape index (κ1) is 18.5. The Morgan fingerprint density at radius 1 is 1.07 bits per heavy atom. The number of aliphatic hydroxyl groups excluding tert-OH is 1. The lowest BCUT2D eigenvalue weighted by molar-refractivity contribution is -0.129. The standard InChI is InChI=1S/C20H16F2N2O3/c21-16-9-8-15(11-17(16)22)27-20-14(7-4-10-23-20)12-24-19(26)18(25)13-5-2-1-3-6-13/h1-11,18,25H,12H2,(H,24,26)/t18-/m1/s1. The topological polar surface area (TPSA) is 71.5 Å². The van der Waals surface area contributed by atoms with Gasteiger partial charge in [-0.2, -0.15) is 0 Å². The molecule has 5 nitrogen and oxygen atoms in total. The molecule has 0 aliphatic heterocycles. The summed E-state index contributed by atoms with van der Waals surface area (Å²) in [6.07, 6.45) is 0.165. The van der Waals surface area contributed by atoms with Crippen molar-refractivity contribution in [3.8, 4) is 11.6 Å². The Kier molecular flexibility index (Phi) is 5.73. The van der Waals surface area contributed by atoms with Gasteiger partial charge in [0.05, 0.1) is 0 Å². The second kappa shape index (κ2) is 8.37. The lowest BCUT2D eigenvalue weighted by Crippen LogP contribution is -2.29. The van der Waals surface area contributed by atoms with E-state index >= 15 is 0 Å². The molecule has 0 bridgehead atoms. The van der Waals surface area contributed by atoms with E-state index in [-0.39, 0.29) is 18.2 Å². The Morgan fingerprint density at radius 3 is 2.59 bits per heavy atom. The molecular weight excluding hydrogens is 354 g/mol. The number of nitrogens with one attached hydrogen (secondary N) is 1. The number of aliphatic hydroxyl groups is 1. The van der Waals surface area contributed by atoms with Crippen molar-refractivity contribution < 1.29 is 23.4 Å². The number of aromatic nitrogens is 1. The molecule has 2 N–H and O–H groups in total. The Balaban J connectivity index is 1.69. The maximum atomic E-state index is 13.3. The summed E-state index contributed by atoms with van der Waals surface area (Å²) in [5.41, 5.74) is 0.982. The van der Waals surface area contributed by atoms with Gasteiger partial charge in [0.1, 0.15) is 5.75 Å². The van der Waals surface area contributed by atoms with Gasteiger partial charge in [0.15, 0.2) is 17.7 Å². The van der Waals surface area contributed by atoms with Gasteiger partial charge in [0.25, 0.3) is 5.91 Å². The summed E-state index contributed by atoms with van der Waals surface area (Å²) in [4.78, 5) is 16.2. The zero-order valence-corrected chi connectivity index (χ0v) is 14.1. The molecule has 0 saturated carbocycles. The van der Waals surface area contributed by atoms with Gasteiger partial charge in [0, 0.05) is 24.4 Å². The van der Waals surface area contributed by atoms with E-state index in [1.54, 1.807) is 42.5 Å². The molecule has 0 fully saturated rings. The Bertz CT molecular complexity index is 936. The van der Waals surface area contributed by atoms with Crippen LogP contribution in [0.2, 0.25) is 0 Å². The van der Waals surface area contributed by atoms with Crippen molar-refractivity contribution in [2.75, 3.05) is 0 Å². The zero-order chi connectivity index (χ0) is 19.2. The van der Waals surface area contributed by atoms with Crippen molar-refractivity contribution in [1.29, 1.82) is 0 Å². The van der Waals surface area contributed by atoms with Gasteiger partial charge < -0.3 is 15.2 Å². The number of amides is 1. The van der Waals surface area contributed by atoms with Gasteiger partial charge in [0.2, 0.25) is 5.88 Å². The molecule has 0 saturated heterocycles. The number of rotatable bonds is 6. The summed E-state index contributed by atoms with van der Waals surface area (Å²) < 4.78 is 31.8. The number of hydrogen-bond acceptors (Lipinski definition) is 4. The molecule has 3 aromatic rings. The summed E-state index contributed by atoms with van der Waals surface area (Å²) in [7, 11) is 0. The lowest BCUT2D eigenvalue weighted by Gasteiger charge is -2.13. The van der Waals surface area contributed by atoms with E-state index in [0.29, 0.717) is 11.1 Å². The molecule has 0 spiro atoms. The maximum Gasteiger partial charge on any atom is 0.253 e. The molecule has 1 atom stereocenters. The minimum atomic E-state index is -1.31. The van der Waals surface area contributed by atoms with Crippen LogP contribution in [0, 0.1) is 11.6 Å². The molecule has 1 heterocycles. The van der Waals surface area contributed by atoms with Crippen molar-refractivity contribution in [2.45, 2.75) is 12.6 Å². The van der Waals surface area contributed by atoms with Crippen molar-refractivity contribution >= 4 is 5.91 Å². The van der Waals surface area contributed by atoms with Crippen LogP contribution in [-0.4, -0.2) is 16.0 Å². The fraction of sp³-hybridized carbons (Fsp3) is 0.100. The molecule has 0 unspecified atom stereocenters. The maximum absolute atomic E-state index is 13.3. The first-order valence-corrected chi connectivity index (χ1v) is 8.12. The van der Waals surface area contributed by atoms with Crippen LogP contribution in [0.1, 0.15) is 17.2 Å². The molecule has 3 rings (SSSR count). The predicted octanol–water partition coefficient (Wildman–Crippen LogP) is 3.50. The van der Waals surface area contributed by atoms with Crippen LogP contribution in [0.25, 0.3) is 0 Å². The van der Waals surface area contributed by atoms with E-state index in [1.807, 2.05) is 0 Å². The summed E-state index contributed by atoms with van der Waals surface area (Å²) in [6.45, 7) is 0.0373. The lowest BCUT2D eigenvalue weighted by atomic mass is 10.1. The quantitative estimate of drug-likeness (QED) is 0.697. The van der Waals surface area contributed by atoms with Gasteiger partial charge in [-0.1, -0.05) is 36.4 Å². The average Bonchev–Trinajstić information content (AvgIpc) is 2.70. The molecule has 1 amide bonds. The van der Waals surface area contributed by atoms with E-state index in [9.17, 15) is 18.7 Å². The van der Waals surface area contributed by atoms with E-state index in [1.165, 1.54) is 12.3 Å². The van der Waals surface area contributed by atoms with Crippen molar-refractivity contribution in [3.63, 3.8) is 0 Å². The van der Waals surface area contributed by atoms with Gasteiger partial charge in [-0.05, 0) is 23.8 Å². The SMILES string of the molecule is O=C(NCc1cccnc1Oc1ccc(F)c(F)c1)[C@H](O)c1ccccc1. The number of halogens is 2. The molecule has 0 radical (unpaired) electrons. The number of nitrogens with zero attached hydrogens (tertiary/aromatic N) is 1. The first-order valence-electron chi connectivity index (χ1n) is 8.12. The molecule has 1 aromatic heterocycles. The summed E-state index contributed by atoms with van der Waals surface area (Å²) in [6, 6.07) is 15.0. The minimum Gasteiger partial charge on any atom is -0.439 e. The van der Waals surface area contributed by atoms with Gasteiger partial charge >= 0.3 is 0 Å². The van der Waals surface area contributed by atoms with Crippen LogP contribution < -0.4 is 10.1 Å². The Hall–Kier alpha value is -3.32. The zero-order valence-electron chi connectivity index (χ0n) is 14.1. The van der Waals surface area contributed by atoms with Crippen LogP contribution in [0.15, 0.2) is 66.9 Å². The van der Waals surface area contributed by atoms with Gasteiger partial charge in [-0.3, -0.25) is 4.79 Å². The highest BCUT2D eigenvalue weighted by atomic mass is 19.2. The summed E-state index contributed by atoms with van der Waals surface area (Å²) in [5.74, 6) is -2.39. The number of carbonyl (C=O) groups excluding carboxylic acids is 1. The van der Waals surface area contributed by atoms with Crippen LogP contribution >= 0.6 is 0 Å². The molecule has 0 aliphatic rings. The minimum absolute atomic E-state index is 0.0373. The molecule has 0 aliphatic carbocycles. The van der Waals surface area contributed by atoms with Crippen LogP contribution in [0.3, 0.4) is 0 Å². The number of ether oxygens (including phenoxy) is 1. The third kappa shape index (κ3) is 4.65. The van der Waals surface area contributed by atoms with Crippen LogP contribution in [0.4, 0.5) is 8.78 Å². The molecule has 2 aromatic carbocycles. The monoisotopic (exact) mass is 370 g/mol. The molecule has 138 valence electrons. The first-order chi connectivity index (χ1) is 13.0. The van der Waals surface area contributed by atoms with Crippen molar-refractivity contribution in [2.24, 2.45) is 0 Å². The van der Waals surface area contributed by atoms with Crippen molar-refractivity contribution in [1.82, 2.24) is 10.3 Å². The second-order valence-electron chi connectivity index (χ2n) is 5.68. The van der Waals surface area contributed by atoms with Crippen LogP contribution in [0.5, 0.6) is 11.6 Å². The third-order valence-electron chi connectivity index (χ3n) is 3.77. The van der Waals surface area contributed by atoms with Crippen molar-refractivity contribution in [3.05, 3.63) is 89.6 Å². The highest BCUT2D eigenvalue weighted by Crippen LogP contribution is 2.24. The normalized spacial score (nSPS) is 11.7. The number of benzene rings is 2. The Labute approximate surface area is 154 Å². The predicted molar refractivity (Wildman–Crippen MR) is 93.9 cm³/mol. The van der Waals surface area contributed by atoms with Gasteiger partial charge in [-0.15, -0.1) is 0 Å². The fourth-order valence-electron chi connectivity index (χ4n) is 2.37. The third-order valence-corrected chi connectivity index (χ3v) is 3.77. The average molecular weight is 370 g/mol. The number of carbonyl (C=O) groups is 1. The summed E-state index contributed by atoms with van der Waals surface area (Å²) in [5, 5.41) is 12.7. The largest absolute Gasteiger partial charge is 0.439 e. The van der Waals surface area contributed by atoms with E-state index in [4.69, 9.17) is 4.74 Å². The summed E-state index contributed by atoms with van der Waals surface area (Å²) >= 11 is 0. The molecule has 7 heteroatoms. The van der Waals surface area contributed by atoms with E-state index in [0.717, 1.165) is 12.1 Å². The van der Waals surface area contributed by atoms with E-state index in [2.05, 4.69) is 10.3 Å². The van der Waals surface area contributed by atoms with Crippen LogP contribution in [-0.2, 0) is 11.3 Å². The smallest absolute Gasteiger partial charge is 0.253 e. The Morgan fingerprint density at radius 2 is 1.85 bits per heavy atom. The highest BCUT2D eigenvalue weighted by molar-refractivity contribution is 5.81. The van der Waals surface area contributed by atoms with Gasteiger partial charge in [-0.25, -0.2) is 13.8 Å². The second-order valence-corrected chi connectivity index (χ2v) is 5.68. The number of hydrogen-bond donors (Lipinski definition) is 2. The number of pyridine rings is 1. The highest BCUT2D eigenvalue weighted by Gasteiger charge is 2.17. The fourth-order valence-corrected chi connectivity index (χ4v) is 2.37. The molecule has 27 heavy (non-hydrogen) atoms. The van der Waals surface area contributed by atoms with E-state index < -0.39 is 23.6 Å².